The number of sulfone groups is 1. The highest BCUT2D eigenvalue weighted by atomic mass is 32.2. The number of nitrogens with two attached hydrogens (primary N) is 1. The fourth-order valence-electron chi connectivity index (χ4n) is 2.40. The zero-order chi connectivity index (χ0) is 13.3. The molecule has 1 saturated carbocycles. The van der Waals surface area contributed by atoms with Crippen LogP contribution in [0.1, 0.15) is 46.5 Å². The molecule has 0 aliphatic heterocycles. The Morgan fingerprint density at radius 3 is 2.35 bits per heavy atom. The van der Waals surface area contributed by atoms with Crippen molar-refractivity contribution in [2.45, 2.75) is 57.3 Å². The predicted octanol–water partition coefficient (Wildman–Crippen LogP) is 1.08. The van der Waals surface area contributed by atoms with Gasteiger partial charge in [0.15, 0.2) is 9.84 Å². The van der Waals surface area contributed by atoms with Gasteiger partial charge in [0.2, 0.25) is 0 Å². The number of rotatable bonds is 4. The first-order chi connectivity index (χ1) is 7.65. The van der Waals surface area contributed by atoms with Crippen LogP contribution in [0.25, 0.3) is 0 Å². The third kappa shape index (κ3) is 3.01. The Hall–Kier alpha value is -0.130. The van der Waals surface area contributed by atoms with Crippen LogP contribution >= 0.6 is 0 Å². The number of aliphatic hydroxyl groups is 1. The monoisotopic (exact) mass is 263 g/mol. The molecule has 17 heavy (non-hydrogen) atoms. The molecule has 0 bridgehead atoms. The van der Waals surface area contributed by atoms with Gasteiger partial charge in [0, 0.05) is 12.0 Å². The summed E-state index contributed by atoms with van der Waals surface area (Å²) in [5.41, 5.74) is 5.37. The summed E-state index contributed by atoms with van der Waals surface area (Å²) in [5, 5.41) is 9.96. The molecule has 1 rings (SSSR count). The average molecular weight is 263 g/mol. The van der Waals surface area contributed by atoms with E-state index < -0.39 is 20.7 Å². The minimum atomic E-state index is -3.12. The molecule has 1 aliphatic rings. The highest BCUT2D eigenvalue weighted by Crippen LogP contribution is 2.41. The Morgan fingerprint density at radius 2 is 2.00 bits per heavy atom. The Kier molecular flexibility index (Phi) is 4.27. The normalized spacial score (nSPS) is 30.8. The van der Waals surface area contributed by atoms with Crippen molar-refractivity contribution in [2.24, 2.45) is 11.1 Å². The van der Waals surface area contributed by atoms with Crippen LogP contribution in [0.4, 0.5) is 0 Å². The minimum Gasteiger partial charge on any atom is -0.393 e. The van der Waals surface area contributed by atoms with Gasteiger partial charge < -0.3 is 10.8 Å². The van der Waals surface area contributed by atoms with Crippen molar-refractivity contribution in [2.75, 3.05) is 12.3 Å². The summed E-state index contributed by atoms with van der Waals surface area (Å²) in [4.78, 5) is 0. The Morgan fingerprint density at radius 1 is 1.41 bits per heavy atom. The van der Waals surface area contributed by atoms with E-state index in [0.29, 0.717) is 13.0 Å². The average Bonchev–Trinajstić information content (AvgIpc) is 2.56. The topological polar surface area (TPSA) is 80.4 Å². The molecule has 0 saturated heterocycles. The SMILES string of the molecule is CC(C)(C)S(=O)(=O)CCC1(CN)CCCC1O. The smallest absolute Gasteiger partial charge is 0.155 e. The number of hydrogen-bond acceptors (Lipinski definition) is 4. The second-order valence-corrected chi connectivity index (χ2v) is 9.02. The van der Waals surface area contributed by atoms with E-state index in [9.17, 15) is 13.5 Å². The molecule has 3 N–H and O–H groups in total. The summed E-state index contributed by atoms with van der Waals surface area (Å²) in [6.07, 6.45) is 2.55. The van der Waals surface area contributed by atoms with Crippen LogP contribution < -0.4 is 5.73 Å². The zero-order valence-corrected chi connectivity index (χ0v) is 11.9. The van der Waals surface area contributed by atoms with Crippen molar-refractivity contribution < 1.29 is 13.5 Å². The molecular weight excluding hydrogens is 238 g/mol. The summed E-state index contributed by atoms with van der Waals surface area (Å²) in [6.45, 7) is 5.50. The molecule has 0 aromatic heterocycles. The van der Waals surface area contributed by atoms with Crippen molar-refractivity contribution in [3.05, 3.63) is 0 Å². The lowest BCUT2D eigenvalue weighted by Crippen LogP contribution is -2.41. The van der Waals surface area contributed by atoms with Crippen LogP contribution in [0.2, 0.25) is 0 Å². The van der Waals surface area contributed by atoms with Gasteiger partial charge in [0.05, 0.1) is 16.6 Å². The maximum Gasteiger partial charge on any atom is 0.155 e. The molecule has 1 aliphatic carbocycles. The molecule has 2 unspecified atom stereocenters. The van der Waals surface area contributed by atoms with Gasteiger partial charge in [-0.3, -0.25) is 0 Å². The van der Waals surface area contributed by atoms with Gasteiger partial charge in [0.1, 0.15) is 0 Å². The van der Waals surface area contributed by atoms with Crippen LogP contribution in [0.5, 0.6) is 0 Å². The Labute approximate surface area is 105 Å². The lowest BCUT2D eigenvalue weighted by Gasteiger charge is -2.32. The van der Waals surface area contributed by atoms with E-state index in [0.717, 1.165) is 19.3 Å². The summed E-state index contributed by atoms with van der Waals surface area (Å²) < 4.78 is 23.4. The minimum absolute atomic E-state index is 0.116. The van der Waals surface area contributed by atoms with Crippen molar-refractivity contribution in [1.29, 1.82) is 0 Å². The van der Waals surface area contributed by atoms with E-state index in [2.05, 4.69) is 0 Å². The predicted molar refractivity (Wildman–Crippen MR) is 69.5 cm³/mol. The molecule has 0 spiro atoms. The zero-order valence-electron chi connectivity index (χ0n) is 11.1. The van der Waals surface area contributed by atoms with E-state index in [1.807, 2.05) is 0 Å². The second-order valence-electron chi connectivity index (χ2n) is 6.16. The van der Waals surface area contributed by atoms with Crippen LogP contribution in [0.15, 0.2) is 0 Å². The first kappa shape index (κ1) is 14.9. The third-order valence-electron chi connectivity index (χ3n) is 4.07. The van der Waals surface area contributed by atoms with E-state index >= 15 is 0 Å². The Bertz CT molecular complexity index is 358. The van der Waals surface area contributed by atoms with Crippen molar-refractivity contribution in [1.82, 2.24) is 0 Å². The summed E-state index contributed by atoms with van der Waals surface area (Å²) in [5.74, 6) is 0.116. The molecule has 2 atom stereocenters. The summed E-state index contributed by atoms with van der Waals surface area (Å²) in [6, 6.07) is 0. The molecule has 0 heterocycles. The molecule has 0 radical (unpaired) electrons. The molecule has 0 aromatic rings. The lowest BCUT2D eigenvalue weighted by atomic mass is 9.81. The maximum absolute atomic E-state index is 12.1. The van der Waals surface area contributed by atoms with Crippen LogP contribution in [0.3, 0.4) is 0 Å². The third-order valence-corrected chi connectivity index (χ3v) is 6.67. The van der Waals surface area contributed by atoms with Crippen LogP contribution in [-0.4, -0.2) is 36.7 Å². The first-order valence-corrected chi connectivity index (χ1v) is 7.90. The van der Waals surface area contributed by atoms with E-state index in [4.69, 9.17) is 5.73 Å². The summed E-state index contributed by atoms with van der Waals surface area (Å²) >= 11 is 0. The van der Waals surface area contributed by atoms with Crippen molar-refractivity contribution in [3.63, 3.8) is 0 Å². The molecule has 1 fully saturated rings. The largest absolute Gasteiger partial charge is 0.393 e. The lowest BCUT2D eigenvalue weighted by molar-refractivity contribution is 0.0563. The van der Waals surface area contributed by atoms with E-state index in [-0.39, 0.29) is 11.2 Å². The highest BCUT2D eigenvalue weighted by molar-refractivity contribution is 7.92. The van der Waals surface area contributed by atoms with E-state index in [1.54, 1.807) is 20.8 Å². The van der Waals surface area contributed by atoms with Gasteiger partial charge in [-0.2, -0.15) is 0 Å². The quantitative estimate of drug-likeness (QED) is 0.795. The first-order valence-electron chi connectivity index (χ1n) is 6.25. The number of hydrogen-bond donors (Lipinski definition) is 2. The number of aliphatic hydroxyl groups excluding tert-OH is 1. The maximum atomic E-state index is 12.1. The van der Waals surface area contributed by atoms with Gasteiger partial charge in [-0.15, -0.1) is 0 Å². The van der Waals surface area contributed by atoms with Gasteiger partial charge in [-0.05, 0) is 40.0 Å². The second kappa shape index (κ2) is 4.86. The van der Waals surface area contributed by atoms with Gasteiger partial charge in [0.25, 0.3) is 0 Å². The Balaban J connectivity index is 2.73. The van der Waals surface area contributed by atoms with Crippen LogP contribution in [-0.2, 0) is 9.84 Å². The van der Waals surface area contributed by atoms with Crippen LogP contribution in [0, 0.1) is 5.41 Å². The van der Waals surface area contributed by atoms with Gasteiger partial charge in [-0.1, -0.05) is 6.42 Å². The molecule has 4 nitrogen and oxygen atoms in total. The van der Waals surface area contributed by atoms with Crippen molar-refractivity contribution in [3.8, 4) is 0 Å². The van der Waals surface area contributed by atoms with Gasteiger partial charge in [-0.25, -0.2) is 8.42 Å². The van der Waals surface area contributed by atoms with E-state index in [1.165, 1.54) is 0 Å². The fraction of sp³-hybridized carbons (Fsp3) is 1.00. The molecule has 5 heteroatoms. The molecule has 0 amide bonds. The molecule has 0 aromatic carbocycles. The fourth-order valence-corrected chi connectivity index (χ4v) is 3.68. The van der Waals surface area contributed by atoms with Gasteiger partial charge >= 0.3 is 0 Å². The highest BCUT2D eigenvalue weighted by Gasteiger charge is 2.42. The molecule has 102 valence electrons. The molecular formula is C12H25NO3S. The summed E-state index contributed by atoms with van der Waals surface area (Å²) in [7, 11) is -3.12. The van der Waals surface area contributed by atoms with Crippen molar-refractivity contribution >= 4 is 9.84 Å². The standard InChI is InChI=1S/C12H25NO3S/c1-11(2,3)17(15,16)8-7-12(9-13)6-4-5-10(12)14/h10,14H,4-9,13H2,1-3H3.